The van der Waals surface area contributed by atoms with E-state index in [1.54, 1.807) is 18.2 Å². The zero-order chi connectivity index (χ0) is 28.4. The zero-order valence-corrected chi connectivity index (χ0v) is 22.2. The molecule has 0 unspecified atom stereocenters. The fourth-order valence-corrected chi connectivity index (χ4v) is 4.85. The number of methoxy groups -OCH3 is 2. The first-order chi connectivity index (χ1) is 18.6. The number of hydrogen-bond acceptors (Lipinski definition) is 11. The number of aromatic hydroxyl groups is 1. The molecule has 11 nitrogen and oxygen atoms in total. The summed E-state index contributed by atoms with van der Waals surface area (Å²) in [6.07, 6.45) is -7.98. The van der Waals surface area contributed by atoms with Gasteiger partial charge in [0.15, 0.2) is 6.10 Å². The van der Waals surface area contributed by atoms with Crippen molar-refractivity contribution in [1.29, 1.82) is 0 Å². The standard InChI is InChI=1S/C28H36O11/c1-13(2)5-10-16-17(37-28-23(33)22(32)21(31)19(12-29)38-28)11-18(35-3)20-26(16)39-25(24(34)27(20)36-4)14-6-8-15(30)9-7-14/h5-9,11,19,21-25,27-34H,10,12H2,1-4H3/t19-,21-,22+,23-,24-,25-,27+,28-/m1/s1. The van der Waals surface area contributed by atoms with E-state index in [4.69, 9.17) is 23.7 Å². The van der Waals surface area contributed by atoms with E-state index in [1.165, 1.54) is 26.4 Å². The molecule has 1 saturated heterocycles. The van der Waals surface area contributed by atoms with Gasteiger partial charge in [-0.15, -0.1) is 0 Å². The predicted molar refractivity (Wildman–Crippen MR) is 138 cm³/mol. The normalized spacial score (nSPS) is 30.2. The summed E-state index contributed by atoms with van der Waals surface area (Å²) in [4.78, 5) is 0. The maximum Gasteiger partial charge on any atom is 0.229 e. The van der Waals surface area contributed by atoms with Gasteiger partial charge in [0.25, 0.3) is 0 Å². The average molecular weight is 549 g/mol. The number of benzene rings is 2. The minimum atomic E-state index is -1.62. The lowest BCUT2D eigenvalue weighted by Gasteiger charge is -2.41. The first kappa shape index (κ1) is 29.1. The van der Waals surface area contributed by atoms with Crippen molar-refractivity contribution < 1.29 is 54.3 Å². The van der Waals surface area contributed by atoms with Gasteiger partial charge in [-0.1, -0.05) is 23.8 Å². The van der Waals surface area contributed by atoms with Crippen molar-refractivity contribution in [3.8, 4) is 23.0 Å². The van der Waals surface area contributed by atoms with Crippen LogP contribution in [0.1, 0.15) is 42.7 Å². The molecule has 2 aromatic carbocycles. The van der Waals surface area contributed by atoms with E-state index in [9.17, 15) is 30.6 Å². The molecule has 39 heavy (non-hydrogen) atoms. The molecule has 0 aliphatic carbocycles. The third-order valence-corrected chi connectivity index (χ3v) is 6.99. The molecule has 11 heteroatoms. The number of ether oxygens (including phenoxy) is 5. The SMILES string of the molecule is COc1cc(O[C@@H]2O[C@H](CO)[C@@H](O)[C@H](O)[C@H]2O)c(CC=C(C)C)c2c1[C@H](OC)[C@H](O)[C@@H](c1ccc(O)cc1)O2. The lowest BCUT2D eigenvalue weighted by atomic mass is 9.88. The van der Waals surface area contributed by atoms with Gasteiger partial charge < -0.3 is 54.3 Å². The highest BCUT2D eigenvalue weighted by atomic mass is 16.7. The number of rotatable bonds is 8. The van der Waals surface area contributed by atoms with Crippen molar-refractivity contribution in [1.82, 2.24) is 0 Å². The molecule has 2 aromatic rings. The molecule has 0 spiro atoms. The number of aliphatic hydroxyl groups excluding tert-OH is 5. The van der Waals surface area contributed by atoms with Gasteiger partial charge in [-0.2, -0.15) is 0 Å². The fourth-order valence-electron chi connectivity index (χ4n) is 4.85. The van der Waals surface area contributed by atoms with Gasteiger partial charge in [-0.25, -0.2) is 0 Å². The van der Waals surface area contributed by atoms with Crippen LogP contribution in [0.25, 0.3) is 0 Å². The van der Waals surface area contributed by atoms with Crippen LogP contribution in [0.15, 0.2) is 42.0 Å². The molecule has 2 heterocycles. The van der Waals surface area contributed by atoms with Gasteiger partial charge >= 0.3 is 0 Å². The van der Waals surface area contributed by atoms with Crippen molar-refractivity contribution >= 4 is 0 Å². The minimum absolute atomic E-state index is 0.0638. The highest BCUT2D eigenvalue weighted by Gasteiger charge is 2.46. The molecule has 8 atom stereocenters. The Labute approximate surface area is 226 Å². The smallest absolute Gasteiger partial charge is 0.229 e. The third-order valence-electron chi connectivity index (χ3n) is 6.99. The van der Waals surface area contributed by atoms with Crippen LogP contribution >= 0.6 is 0 Å². The number of fused-ring (bicyclic) bond motifs is 1. The molecular weight excluding hydrogens is 512 g/mol. The second-order valence-electron chi connectivity index (χ2n) is 9.88. The molecule has 0 amide bonds. The molecule has 2 aliphatic heterocycles. The highest BCUT2D eigenvalue weighted by molar-refractivity contribution is 5.60. The summed E-state index contributed by atoms with van der Waals surface area (Å²) in [6, 6.07) is 7.82. The first-order valence-corrected chi connectivity index (χ1v) is 12.6. The fraction of sp³-hybridized carbons (Fsp3) is 0.500. The Morgan fingerprint density at radius 2 is 1.64 bits per heavy atom. The number of allylic oxidation sites excluding steroid dienone is 2. The Hall–Kier alpha value is -2.90. The summed E-state index contributed by atoms with van der Waals surface area (Å²) in [5.41, 5.74) is 2.59. The quantitative estimate of drug-likeness (QED) is 0.263. The molecule has 4 rings (SSSR count). The van der Waals surface area contributed by atoms with Gasteiger partial charge in [0.05, 0.1) is 19.3 Å². The molecule has 2 aliphatic rings. The van der Waals surface area contributed by atoms with Crippen molar-refractivity contribution in [2.24, 2.45) is 0 Å². The number of phenols is 1. The van der Waals surface area contributed by atoms with Crippen LogP contribution in [0.2, 0.25) is 0 Å². The molecule has 0 radical (unpaired) electrons. The van der Waals surface area contributed by atoms with E-state index in [-0.39, 0.29) is 17.2 Å². The molecular formula is C28H36O11. The van der Waals surface area contributed by atoms with Crippen LogP contribution < -0.4 is 14.2 Å². The van der Waals surface area contributed by atoms with Gasteiger partial charge in [0.2, 0.25) is 6.29 Å². The molecule has 6 N–H and O–H groups in total. The van der Waals surface area contributed by atoms with Crippen LogP contribution in [0.3, 0.4) is 0 Å². The Kier molecular flexibility index (Phi) is 9.02. The second-order valence-corrected chi connectivity index (χ2v) is 9.88. The summed E-state index contributed by atoms with van der Waals surface area (Å²) in [7, 11) is 2.90. The topological polar surface area (TPSA) is 168 Å². The monoisotopic (exact) mass is 548 g/mol. The van der Waals surface area contributed by atoms with Crippen molar-refractivity contribution in [3.63, 3.8) is 0 Å². The van der Waals surface area contributed by atoms with Gasteiger partial charge in [-0.3, -0.25) is 0 Å². The number of aliphatic hydroxyl groups is 5. The lowest BCUT2D eigenvalue weighted by Crippen LogP contribution is -2.60. The molecule has 214 valence electrons. The molecule has 0 aromatic heterocycles. The van der Waals surface area contributed by atoms with E-state index in [2.05, 4.69) is 0 Å². The summed E-state index contributed by atoms with van der Waals surface area (Å²) in [5, 5.41) is 61.6. The summed E-state index contributed by atoms with van der Waals surface area (Å²) in [6.45, 7) is 3.25. The molecule has 0 saturated carbocycles. The number of phenolic OH excluding ortho intramolecular Hbond substituents is 1. The van der Waals surface area contributed by atoms with Crippen LogP contribution in [0, 0.1) is 0 Å². The van der Waals surface area contributed by atoms with Gasteiger partial charge in [0.1, 0.15) is 59.6 Å². The maximum atomic E-state index is 11.3. The minimum Gasteiger partial charge on any atom is -0.508 e. The predicted octanol–water partition coefficient (Wildman–Crippen LogP) is 1.27. The maximum absolute atomic E-state index is 11.3. The Balaban J connectivity index is 1.85. The highest BCUT2D eigenvalue weighted by Crippen LogP contribution is 2.52. The van der Waals surface area contributed by atoms with Crippen molar-refractivity contribution in [2.75, 3.05) is 20.8 Å². The van der Waals surface area contributed by atoms with E-state index < -0.39 is 55.6 Å². The van der Waals surface area contributed by atoms with E-state index in [0.717, 1.165) is 5.57 Å². The zero-order valence-electron chi connectivity index (χ0n) is 22.2. The van der Waals surface area contributed by atoms with Crippen LogP contribution in [-0.2, 0) is 15.9 Å². The summed E-state index contributed by atoms with van der Waals surface area (Å²) < 4.78 is 29.4. The van der Waals surface area contributed by atoms with Gasteiger partial charge in [0, 0.05) is 18.7 Å². The average Bonchev–Trinajstić information content (AvgIpc) is 2.92. The van der Waals surface area contributed by atoms with Crippen LogP contribution in [0.4, 0.5) is 0 Å². The van der Waals surface area contributed by atoms with E-state index >= 15 is 0 Å². The summed E-state index contributed by atoms with van der Waals surface area (Å²) >= 11 is 0. The van der Waals surface area contributed by atoms with Crippen molar-refractivity contribution in [2.45, 2.75) is 69.3 Å². The second kappa shape index (κ2) is 12.1. The third kappa shape index (κ3) is 5.71. The van der Waals surface area contributed by atoms with E-state index in [0.29, 0.717) is 28.9 Å². The van der Waals surface area contributed by atoms with Gasteiger partial charge in [-0.05, 0) is 38.0 Å². The molecule has 0 bridgehead atoms. The summed E-state index contributed by atoms with van der Waals surface area (Å²) in [5.74, 6) is 0.874. The Morgan fingerprint density at radius 3 is 2.23 bits per heavy atom. The lowest BCUT2D eigenvalue weighted by molar-refractivity contribution is -0.277. The number of hydrogen-bond donors (Lipinski definition) is 6. The Morgan fingerprint density at radius 1 is 0.949 bits per heavy atom. The first-order valence-electron chi connectivity index (χ1n) is 12.6. The van der Waals surface area contributed by atoms with Crippen LogP contribution in [0.5, 0.6) is 23.0 Å². The molecule has 1 fully saturated rings. The Bertz CT molecular complexity index is 1160. The van der Waals surface area contributed by atoms with E-state index in [1.807, 2.05) is 19.9 Å². The largest absolute Gasteiger partial charge is 0.508 e. The van der Waals surface area contributed by atoms with Crippen LogP contribution in [-0.4, -0.2) is 88.3 Å². The van der Waals surface area contributed by atoms with Crippen molar-refractivity contribution in [3.05, 3.63) is 58.7 Å².